The predicted molar refractivity (Wildman–Crippen MR) is 80.6 cm³/mol. The Hall–Kier alpha value is -0.240. The monoisotopic (exact) mass is 295 g/mol. The molecule has 112 valence electrons. The zero-order valence-electron chi connectivity index (χ0n) is 12.3. The third kappa shape index (κ3) is 2.19. The molecular formula is C17H26ClNO. The van der Waals surface area contributed by atoms with E-state index in [1.807, 2.05) is 0 Å². The maximum Gasteiger partial charge on any atom is 0.226 e. The van der Waals surface area contributed by atoms with Gasteiger partial charge in [0.05, 0.1) is 0 Å². The molecule has 1 amide bonds. The molecule has 4 aliphatic carbocycles. The van der Waals surface area contributed by atoms with Crippen LogP contribution in [-0.2, 0) is 4.79 Å². The molecule has 20 heavy (non-hydrogen) atoms. The Morgan fingerprint density at radius 2 is 1.50 bits per heavy atom. The van der Waals surface area contributed by atoms with Gasteiger partial charge in [-0.05, 0) is 74.5 Å². The highest BCUT2D eigenvalue weighted by Gasteiger charge is 2.51. The summed E-state index contributed by atoms with van der Waals surface area (Å²) in [5.74, 6) is 5.67. The molecule has 0 atom stereocenters. The van der Waals surface area contributed by atoms with Gasteiger partial charge in [0.15, 0.2) is 0 Å². The normalized spacial score (nSPS) is 44.0. The molecule has 4 bridgehead atoms. The fourth-order valence-electron chi connectivity index (χ4n) is 5.85. The Kier molecular flexibility index (Phi) is 3.48. The standard InChI is InChI=1S/C17H26ClNO/c18-10-11-1-3-19(4-2-11)17(20)16-14-6-12-5-13(8-14)9-15(16)7-12/h11-16H,1-10H2. The highest BCUT2D eigenvalue weighted by atomic mass is 35.5. The van der Waals surface area contributed by atoms with Crippen molar-refractivity contribution >= 4 is 17.5 Å². The molecule has 0 unspecified atom stereocenters. The van der Waals surface area contributed by atoms with Gasteiger partial charge in [-0.2, -0.15) is 0 Å². The van der Waals surface area contributed by atoms with Crippen LogP contribution in [0.25, 0.3) is 0 Å². The lowest BCUT2D eigenvalue weighted by Gasteiger charge is -2.54. The Balaban J connectivity index is 1.44. The Labute approximate surface area is 127 Å². The van der Waals surface area contributed by atoms with E-state index in [1.54, 1.807) is 0 Å². The minimum atomic E-state index is 0.385. The molecule has 4 saturated carbocycles. The van der Waals surface area contributed by atoms with Crippen molar-refractivity contribution in [3.05, 3.63) is 0 Å². The van der Waals surface area contributed by atoms with E-state index in [9.17, 15) is 4.79 Å². The van der Waals surface area contributed by atoms with E-state index in [0.29, 0.717) is 17.7 Å². The first kappa shape index (κ1) is 13.4. The van der Waals surface area contributed by atoms with Crippen LogP contribution in [0.5, 0.6) is 0 Å². The third-order valence-corrected chi connectivity index (χ3v) is 7.09. The number of rotatable bonds is 2. The third-order valence-electron chi connectivity index (χ3n) is 6.66. The summed E-state index contributed by atoms with van der Waals surface area (Å²) < 4.78 is 0. The zero-order valence-corrected chi connectivity index (χ0v) is 13.0. The molecule has 3 heteroatoms. The summed E-state index contributed by atoms with van der Waals surface area (Å²) in [6.07, 6.45) is 9.09. The topological polar surface area (TPSA) is 20.3 Å². The number of hydrogen-bond acceptors (Lipinski definition) is 1. The van der Waals surface area contributed by atoms with Gasteiger partial charge < -0.3 is 4.90 Å². The lowest BCUT2D eigenvalue weighted by Crippen LogP contribution is -2.53. The number of carbonyl (C=O) groups is 1. The summed E-state index contributed by atoms with van der Waals surface area (Å²) in [4.78, 5) is 15.2. The highest BCUT2D eigenvalue weighted by Crippen LogP contribution is 2.56. The molecular weight excluding hydrogens is 270 g/mol. The van der Waals surface area contributed by atoms with Crippen molar-refractivity contribution in [2.75, 3.05) is 19.0 Å². The summed E-state index contributed by atoms with van der Waals surface area (Å²) in [6.45, 7) is 1.91. The summed E-state index contributed by atoms with van der Waals surface area (Å²) in [5.41, 5.74) is 0. The van der Waals surface area contributed by atoms with E-state index < -0.39 is 0 Å². The minimum Gasteiger partial charge on any atom is -0.342 e. The number of likely N-dealkylation sites (tertiary alicyclic amines) is 1. The molecule has 2 nitrogen and oxygen atoms in total. The minimum absolute atomic E-state index is 0.385. The highest BCUT2D eigenvalue weighted by molar-refractivity contribution is 6.18. The van der Waals surface area contributed by atoms with Crippen LogP contribution in [0.4, 0.5) is 0 Å². The SMILES string of the molecule is O=C(C1C2CC3CC(C2)CC1C3)N1CCC(CCl)CC1. The van der Waals surface area contributed by atoms with Crippen LogP contribution in [0.1, 0.15) is 44.9 Å². The molecule has 1 saturated heterocycles. The zero-order chi connectivity index (χ0) is 13.7. The van der Waals surface area contributed by atoms with Crippen molar-refractivity contribution in [1.29, 1.82) is 0 Å². The molecule has 1 aliphatic heterocycles. The van der Waals surface area contributed by atoms with Gasteiger partial charge in [0, 0.05) is 24.9 Å². The van der Waals surface area contributed by atoms with Crippen molar-refractivity contribution in [3.8, 4) is 0 Å². The average molecular weight is 296 g/mol. The number of halogens is 1. The smallest absolute Gasteiger partial charge is 0.226 e. The van der Waals surface area contributed by atoms with Crippen molar-refractivity contribution in [1.82, 2.24) is 4.90 Å². The van der Waals surface area contributed by atoms with Gasteiger partial charge in [-0.1, -0.05) is 0 Å². The molecule has 1 heterocycles. The van der Waals surface area contributed by atoms with E-state index in [0.717, 1.165) is 55.5 Å². The summed E-state index contributed by atoms with van der Waals surface area (Å²) in [6, 6.07) is 0. The molecule has 5 aliphatic rings. The first-order chi connectivity index (χ1) is 9.74. The number of nitrogens with zero attached hydrogens (tertiary/aromatic N) is 1. The Morgan fingerprint density at radius 1 is 0.950 bits per heavy atom. The molecule has 5 fully saturated rings. The largest absolute Gasteiger partial charge is 0.342 e. The summed E-state index contributed by atoms with van der Waals surface area (Å²) >= 11 is 5.95. The van der Waals surface area contributed by atoms with E-state index in [1.165, 1.54) is 32.1 Å². The lowest BCUT2D eigenvalue weighted by molar-refractivity contribution is -0.150. The fraction of sp³-hybridized carbons (Fsp3) is 0.941. The van der Waals surface area contributed by atoms with Gasteiger partial charge >= 0.3 is 0 Å². The first-order valence-electron chi connectivity index (χ1n) is 8.59. The maximum atomic E-state index is 13.0. The molecule has 0 aromatic rings. The Morgan fingerprint density at radius 3 is 2.00 bits per heavy atom. The second kappa shape index (κ2) is 5.19. The van der Waals surface area contributed by atoms with E-state index in [2.05, 4.69) is 4.90 Å². The van der Waals surface area contributed by atoms with Crippen LogP contribution >= 0.6 is 11.6 Å². The van der Waals surface area contributed by atoms with Crippen LogP contribution in [0, 0.1) is 35.5 Å². The van der Waals surface area contributed by atoms with Crippen LogP contribution in [0.3, 0.4) is 0 Å². The second-order valence-corrected chi connectivity index (χ2v) is 8.19. The van der Waals surface area contributed by atoms with Crippen LogP contribution in [-0.4, -0.2) is 29.8 Å². The van der Waals surface area contributed by atoms with Gasteiger partial charge in [-0.3, -0.25) is 4.79 Å². The molecule has 5 rings (SSSR count). The van der Waals surface area contributed by atoms with Gasteiger partial charge in [0.1, 0.15) is 0 Å². The van der Waals surface area contributed by atoms with Gasteiger partial charge in [-0.25, -0.2) is 0 Å². The van der Waals surface area contributed by atoms with E-state index in [4.69, 9.17) is 11.6 Å². The van der Waals surface area contributed by atoms with Crippen molar-refractivity contribution in [3.63, 3.8) is 0 Å². The summed E-state index contributed by atoms with van der Waals surface area (Å²) in [7, 11) is 0. The quantitative estimate of drug-likeness (QED) is 0.714. The van der Waals surface area contributed by atoms with Gasteiger partial charge in [0.2, 0.25) is 5.91 Å². The molecule has 0 aromatic carbocycles. The fourth-order valence-corrected chi connectivity index (χ4v) is 6.16. The number of hydrogen-bond donors (Lipinski definition) is 0. The molecule has 0 N–H and O–H groups in total. The van der Waals surface area contributed by atoms with Crippen molar-refractivity contribution < 1.29 is 4.79 Å². The number of amides is 1. The van der Waals surface area contributed by atoms with E-state index in [-0.39, 0.29) is 0 Å². The van der Waals surface area contributed by atoms with Crippen LogP contribution in [0.15, 0.2) is 0 Å². The summed E-state index contributed by atoms with van der Waals surface area (Å²) in [5, 5.41) is 0. The van der Waals surface area contributed by atoms with Crippen LogP contribution in [0.2, 0.25) is 0 Å². The second-order valence-electron chi connectivity index (χ2n) is 7.88. The van der Waals surface area contributed by atoms with Crippen molar-refractivity contribution in [2.24, 2.45) is 35.5 Å². The van der Waals surface area contributed by atoms with Crippen molar-refractivity contribution in [2.45, 2.75) is 44.9 Å². The first-order valence-corrected chi connectivity index (χ1v) is 9.12. The average Bonchev–Trinajstić information content (AvgIpc) is 2.46. The molecule has 0 spiro atoms. The lowest BCUT2D eigenvalue weighted by atomic mass is 9.51. The van der Waals surface area contributed by atoms with Crippen LogP contribution < -0.4 is 0 Å². The predicted octanol–water partition coefficient (Wildman–Crippen LogP) is 3.54. The van der Waals surface area contributed by atoms with E-state index >= 15 is 0 Å². The number of piperidine rings is 1. The van der Waals surface area contributed by atoms with Gasteiger partial charge in [-0.15, -0.1) is 11.6 Å². The number of carbonyl (C=O) groups excluding carboxylic acids is 1. The number of alkyl halides is 1. The van der Waals surface area contributed by atoms with Gasteiger partial charge in [0.25, 0.3) is 0 Å². The molecule has 0 aromatic heterocycles. The molecule has 0 radical (unpaired) electrons. The Bertz CT molecular complexity index is 360. The maximum absolute atomic E-state index is 13.0.